The first kappa shape index (κ1) is 101. The Balaban J connectivity index is 1.27. The molecule has 16 amide bonds. The number of nitrogens with zero attached hydrogens (tertiary/aromatic N) is 5. The number of aromatic amines is 1. The van der Waals surface area contributed by atoms with E-state index in [0.717, 1.165) is 21.6 Å². The van der Waals surface area contributed by atoms with Gasteiger partial charge in [-0.3, -0.25) is 86.5 Å². The van der Waals surface area contributed by atoms with E-state index in [1.807, 2.05) is 0 Å². The summed E-state index contributed by atoms with van der Waals surface area (Å²) in [5, 5.41) is 81.2. The Morgan fingerprint density at radius 3 is 1.52 bits per heavy atom. The number of guanidine groups is 1. The van der Waals surface area contributed by atoms with Crippen molar-refractivity contribution < 1.29 is 112 Å². The van der Waals surface area contributed by atoms with E-state index in [2.05, 4.69) is 104 Å². The molecule has 676 valence electrons. The van der Waals surface area contributed by atoms with Crippen LogP contribution in [0.5, 0.6) is 5.75 Å². The molecule has 3 aliphatic heterocycles. The number of benzene rings is 1. The van der Waals surface area contributed by atoms with Crippen LogP contribution in [0.1, 0.15) is 129 Å². The number of unbranched alkanes of at least 4 members (excludes halogenated alkanes) is 1. The molecule has 3 saturated heterocycles. The van der Waals surface area contributed by atoms with E-state index < -0.39 is 247 Å². The lowest BCUT2D eigenvalue weighted by atomic mass is 10.0. The van der Waals surface area contributed by atoms with Gasteiger partial charge in [0.2, 0.25) is 94.5 Å². The number of rotatable bonds is 49. The monoisotopic (exact) mass is 1760 g/mol. The zero-order valence-electron chi connectivity index (χ0n) is 68.2. The van der Waals surface area contributed by atoms with Gasteiger partial charge in [-0.05, 0) is 122 Å². The van der Waals surface area contributed by atoms with E-state index in [1.165, 1.54) is 50.6 Å². The Morgan fingerprint density at radius 1 is 0.516 bits per heavy atom. The third kappa shape index (κ3) is 31.2. The summed E-state index contributed by atoms with van der Waals surface area (Å²) in [6.07, 6.45) is -1.87. The highest BCUT2D eigenvalue weighted by Gasteiger charge is 2.45. The van der Waals surface area contributed by atoms with Crippen LogP contribution in [-0.2, 0) is 99.1 Å². The van der Waals surface area contributed by atoms with Crippen molar-refractivity contribution in [3.63, 3.8) is 0 Å². The molecule has 1 aromatic heterocycles. The molecule has 0 spiro atoms. The number of amides is 16. The molecule has 28 N–H and O–H groups in total. The number of imidazole rings is 1. The fraction of sp³-hybridized carbons (Fsp3) is 0.622. The second kappa shape index (κ2) is 49.4. The number of nitrogens with two attached hydrogens (primary N) is 5. The smallest absolute Gasteiger partial charge is 0.326 e. The van der Waals surface area contributed by atoms with Crippen LogP contribution in [0.4, 0.5) is 0 Å². The maximum atomic E-state index is 14.6. The number of aliphatic hydroxyl groups excluding tert-OH is 2. The lowest BCUT2D eigenvalue weighted by Crippen LogP contribution is -2.62. The number of carboxylic acids is 2. The van der Waals surface area contributed by atoms with Crippen LogP contribution >= 0.6 is 25.3 Å². The van der Waals surface area contributed by atoms with Gasteiger partial charge in [-0.15, -0.1) is 0 Å². The summed E-state index contributed by atoms with van der Waals surface area (Å²) in [6.45, 7) is 6.16. The topological polar surface area (TPSA) is 734 Å². The third-order valence-electron chi connectivity index (χ3n) is 20.2. The number of H-pyrrole nitrogens is 1. The van der Waals surface area contributed by atoms with Crippen molar-refractivity contribution in [3.8, 4) is 5.75 Å². The zero-order valence-corrected chi connectivity index (χ0v) is 70.0. The molecular formula is C74H115N23O23S2. The van der Waals surface area contributed by atoms with Crippen molar-refractivity contribution in [2.45, 2.75) is 234 Å². The number of aliphatic hydroxyl groups is 2. The highest BCUT2D eigenvalue weighted by Crippen LogP contribution is 2.24. The van der Waals surface area contributed by atoms with Gasteiger partial charge in [0.1, 0.15) is 90.3 Å². The fourth-order valence-corrected chi connectivity index (χ4v) is 14.1. The van der Waals surface area contributed by atoms with Gasteiger partial charge in [0.25, 0.3) is 0 Å². The molecule has 4 heterocycles. The number of phenolic OH excluding ortho intramolecular Hbond substituents is 1. The van der Waals surface area contributed by atoms with Gasteiger partial charge in [-0.2, -0.15) is 25.3 Å². The Hall–Kier alpha value is -11.5. The maximum absolute atomic E-state index is 14.6. The molecule has 0 aliphatic carbocycles. The summed E-state index contributed by atoms with van der Waals surface area (Å²) in [7, 11) is 0. The lowest BCUT2D eigenvalue weighted by Gasteiger charge is -2.31. The molecule has 0 radical (unpaired) electrons. The number of likely N-dealkylation sites (tertiary alicyclic amines) is 3. The van der Waals surface area contributed by atoms with Crippen LogP contribution in [0, 0.1) is 5.92 Å². The van der Waals surface area contributed by atoms with Gasteiger partial charge in [0.15, 0.2) is 5.96 Å². The van der Waals surface area contributed by atoms with Crippen molar-refractivity contribution in [2.24, 2.45) is 39.6 Å². The second-order valence-corrected chi connectivity index (χ2v) is 30.9. The minimum atomic E-state index is -2.03. The Labute approximate surface area is 712 Å². The molecule has 0 bridgehead atoms. The minimum absolute atomic E-state index is 0.0201. The summed E-state index contributed by atoms with van der Waals surface area (Å²) < 4.78 is 0. The molecular weight excluding hydrogens is 1640 g/mol. The van der Waals surface area contributed by atoms with Crippen molar-refractivity contribution in [1.29, 1.82) is 0 Å². The number of carbonyl (C=O) groups is 18. The highest BCUT2D eigenvalue weighted by molar-refractivity contribution is 7.80. The van der Waals surface area contributed by atoms with Crippen molar-refractivity contribution >= 4 is 138 Å². The molecule has 0 saturated carbocycles. The quantitative estimate of drug-likeness (QED) is 0.0127. The Morgan fingerprint density at radius 2 is 0.984 bits per heavy atom. The number of carbonyl (C=O) groups excluding carboxylic acids is 16. The van der Waals surface area contributed by atoms with E-state index in [9.17, 15) is 112 Å². The average Bonchev–Trinajstić information content (AvgIpc) is 1.63. The first-order valence-electron chi connectivity index (χ1n) is 39.7. The molecule has 46 nitrogen and oxygen atoms in total. The summed E-state index contributed by atoms with van der Waals surface area (Å²) in [6, 6.07) is -17.5. The van der Waals surface area contributed by atoms with E-state index in [-0.39, 0.29) is 120 Å². The summed E-state index contributed by atoms with van der Waals surface area (Å²) in [4.78, 5) is 260. The van der Waals surface area contributed by atoms with Gasteiger partial charge in [0.05, 0.1) is 44.0 Å². The first-order chi connectivity index (χ1) is 57.6. The lowest BCUT2D eigenvalue weighted by molar-refractivity contribution is -0.144. The van der Waals surface area contributed by atoms with E-state index >= 15 is 0 Å². The molecule has 17 atom stereocenters. The molecule has 17 unspecified atom stereocenters. The predicted octanol–water partition coefficient (Wildman–Crippen LogP) is -9.44. The third-order valence-corrected chi connectivity index (χ3v) is 20.9. The number of aromatic nitrogens is 2. The van der Waals surface area contributed by atoms with E-state index in [4.69, 9.17) is 28.7 Å². The van der Waals surface area contributed by atoms with Gasteiger partial charge in [-0.25, -0.2) is 9.78 Å². The molecule has 1 aromatic carbocycles. The van der Waals surface area contributed by atoms with Gasteiger partial charge in [0, 0.05) is 62.4 Å². The van der Waals surface area contributed by atoms with Crippen LogP contribution in [0.15, 0.2) is 41.8 Å². The number of phenols is 1. The maximum Gasteiger partial charge on any atom is 0.326 e. The molecule has 122 heavy (non-hydrogen) atoms. The number of aliphatic carboxylic acids is 2. The first-order valence-corrected chi connectivity index (χ1v) is 41.0. The van der Waals surface area contributed by atoms with Crippen LogP contribution in [0.2, 0.25) is 0 Å². The summed E-state index contributed by atoms with van der Waals surface area (Å²) in [5.74, 6) is -20.5. The number of thiol groups is 2. The standard InChI is InChI=1S/C74H115N23O23S2/c1-35(2)56(69(115)84-42(12-6-7-21-75)61(107)85-43(73(119)120)13-8-22-81-74(78)79)92-68(114)52-16-10-24-96(52)71(117)49(33-122)91-63(109)47(29-55(103)104)87-62(108)45(27-40-30-80-34-83-40)89-70(116)57(37(4)98)93-64(110)44(26-39-17-19-41(100)20-18-39)88-66(112)50-14-9-23-95(50)54(102)31-82-60(106)48(32-121)90-67(113)51-15-11-25-97(51)72(118)58(38(5)99)94-65(111)46(28-53(77)101)86-59(105)36(3)76/h17-20,30,34-38,42-52,56-58,98-100,121-122H,6-16,21-29,31-33,75-76H2,1-5H3,(H2,77,101)(H,80,83)(H,82,106)(H,84,115)(H,85,107)(H,86,105)(H,87,108)(H,88,112)(H,89,116)(H,90,113)(H,91,109)(H,92,114)(H,93,110)(H,94,111)(H,103,104)(H,119,120)(H4,78,79,81). The highest BCUT2D eigenvalue weighted by atomic mass is 32.1. The number of nitrogens with one attached hydrogen (secondary N) is 13. The number of hydrogen-bond acceptors (Lipinski definition) is 27. The zero-order chi connectivity index (χ0) is 90.9. The fourth-order valence-electron chi connectivity index (χ4n) is 13.6. The van der Waals surface area contributed by atoms with Gasteiger partial charge < -0.3 is 138 Å². The van der Waals surface area contributed by atoms with Gasteiger partial charge in [-0.1, -0.05) is 26.0 Å². The number of hydrogen-bond donors (Lipinski definition) is 25. The molecule has 48 heteroatoms. The number of aliphatic imine (C=N–C) groups is 1. The van der Waals surface area contributed by atoms with Crippen LogP contribution in [-0.4, -0.2) is 316 Å². The molecule has 2 aromatic rings. The predicted molar refractivity (Wildman–Crippen MR) is 439 cm³/mol. The molecule has 5 rings (SSSR count). The normalized spacial score (nSPS) is 18.4. The minimum Gasteiger partial charge on any atom is -0.508 e. The molecule has 3 fully saturated rings. The summed E-state index contributed by atoms with van der Waals surface area (Å²) >= 11 is 8.51. The SMILES string of the molecule is CC(N)C(=O)NC(CC(N)=O)C(=O)NC(C(=O)N1CCCC1C(=O)NC(CS)C(=O)NCC(=O)N1CCCC1C(=O)NC(Cc1ccc(O)cc1)C(=O)NC(C(=O)NC(Cc1cnc[nH]1)C(=O)NC(CC(=O)O)C(=O)NC(CS)C(=O)N1CCCC1C(=O)NC(C(=O)NC(CCCCN)C(=O)NC(CCCN=C(N)N)C(=O)O)C(C)C)C(C)O)C(C)O. The Kier molecular flexibility index (Phi) is 40.9. The van der Waals surface area contributed by atoms with Crippen molar-refractivity contribution in [3.05, 3.63) is 48.0 Å². The summed E-state index contributed by atoms with van der Waals surface area (Å²) in [5.41, 5.74) is 27.8. The second-order valence-electron chi connectivity index (χ2n) is 30.2. The van der Waals surface area contributed by atoms with Crippen molar-refractivity contribution in [2.75, 3.05) is 50.8 Å². The largest absolute Gasteiger partial charge is 0.508 e. The number of carboxylic acid groups (broad SMARTS) is 2. The Bertz CT molecular complexity index is 4050. The number of primary amides is 1. The number of aromatic hydroxyl groups is 1. The van der Waals surface area contributed by atoms with Crippen LogP contribution in [0.25, 0.3) is 0 Å². The van der Waals surface area contributed by atoms with Crippen LogP contribution < -0.4 is 92.5 Å². The average molecular weight is 1760 g/mol. The molecule has 3 aliphatic rings. The van der Waals surface area contributed by atoms with Gasteiger partial charge >= 0.3 is 11.9 Å². The van der Waals surface area contributed by atoms with Crippen molar-refractivity contribution in [1.82, 2.24) is 88.5 Å². The van der Waals surface area contributed by atoms with E-state index in [0.29, 0.717) is 18.4 Å². The van der Waals surface area contributed by atoms with Crippen LogP contribution in [0.3, 0.4) is 0 Å². The van der Waals surface area contributed by atoms with E-state index in [1.54, 1.807) is 13.8 Å².